The molecule has 0 aliphatic carbocycles. The molecule has 0 unspecified atom stereocenters. The van der Waals surface area contributed by atoms with Crippen LogP contribution in [-0.4, -0.2) is 50.0 Å². The summed E-state index contributed by atoms with van der Waals surface area (Å²) in [6.45, 7) is 5.21. The zero-order valence-corrected chi connectivity index (χ0v) is 17.8. The summed E-state index contributed by atoms with van der Waals surface area (Å²) in [5, 5.41) is 9.55. The number of likely N-dealkylation sites (tertiary alicyclic amines) is 1. The van der Waals surface area contributed by atoms with Crippen molar-refractivity contribution in [1.82, 2.24) is 15.5 Å². The van der Waals surface area contributed by atoms with Gasteiger partial charge in [0.15, 0.2) is 11.7 Å². The van der Waals surface area contributed by atoms with E-state index in [0.29, 0.717) is 12.3 Å². The minimum Gasteiger partial charge on any atom is -0.459 e. The third-order valence-electron chi connectivity index (χ3n) is 5.28. The number of guanidine groups is 1. The minimum absolute atomic E-state index is 0.254. The van der Waals surface area contributed by atoms with Gasteiger partial charge in [-0.1, -0.05) is 25.0 Å². The fourth-order valence-corrected chi connectivity index (χ4v) is 3.58. The molecular weight excluding hydrogens is 378 g/mol. The molecule has 3 N–H and O–H groups in total. The van der Waals surface area contributed by atoms with Crippen LogP contribution in [0.5, 0.6) is 0 Å². The maximum absolute atomic E-state index is 12.0. The van der Waals surface area contributed by atoms with Crippen LogP contribution in [0.4, 0.5) is 5.69 Å². The second-order valence-electron chi connectivity index (χ2n) is 7.59. The van der Waals surface area contributed by atoms with Crippen LogP contribution in [0.15, 0.2) is 52.1 Å². The molecular formula is C23H33N5O2. The molecule has 0 spiro atoms. The van der Waals surface area contributed by atoms with E-state index in [1.54, 1.807) is 19.2 Å². The Balaban J connectivity index is 1.35. The molecule has 162 valence electrons. The zero-order valence-electron chi connectivity index (χ0n) is 17.8. The molecule has 0 bridgehead atoms. The number of carbonyl (C=O) groups excluding carboxylic acids is 1. The second-order valence-corrected chi connectivity index (χ2v) is 7.59. The van der Waals surface area contributed by atoms with Crippen LogP contribution in [0, 0.1) is 0 Å². The fraction of sp³-hybridized carbons (Fsp3) is 0.478. The van der Waals surface area contributed by atoms with Crippen molar-refractivity contribution < 1.29 is 9.21 Å². The molecule has 1 amide bonds. The molecule has 30 heavy (non-hydrogen) atoms. The molecule has 1 aliphatic rings. The van der Waals surface area contributed by atoms with Crippen LogP contribution >= 0.6 is 0 Å². The zero-order chi connectivity index (χ0) is 21.0. The van der Waals surface area contributed by atoms with Crippen molar-refractivity contribution in [3.05, 3.63) is 54.0 Å². The molecule has 3 rings (SSSR count). The van der Waals surface area contributed by atoms with E-state index in [4.69, 9.17) is 4.42 Å². The highest BCUT2D eigenvalue weighted by Crippen LogP contribution is 2.12. The van der Waals surface area contributed by atoms with Gasteiger partial charge < -0.3 is 25.3 Å². The highest BCUT2D eigenvalue weighted by atomic mass is 16.3. The Bertz CT molecular complexity index is 778. The van der Waals surface area contributed by atoms with E-state index >= 15 is 0 Å². The van der Waals surface area contributed by atoms with Gasteiger partial charge in [0.1, 0.15) is 0 Å². The number of amides is 1. The van der Waals surface area contributed by atoms with Crippen LogP contribution in [0.2, 0.25) is 0 Å². The number of benzene rings is 1. The summed E-state index contributed by atoms with van der Waals surface area (Å²) >= 11 is 0. The number of hydrogen-bond donors (Lipinski definition) is 3. The molecule has 1 saturated heterocycles. The molecule has 1 fully saturated rings. The summed E-state index contributed by atoms with van der Waals surface area (Å²) in [6, 6.07) is 11.1. The predicted octanol–water partition coefficient (Wildman–Crippen LogP) is 3.46. The summed E-state index contributed by atoms with van der Waals surface area (Å²) in [5.41, 5.74) is 1.84. The molecule has 0 radical (unpaired) electrons. The topological polar surface area (TPSA) is 81.9 Å². The lowest BCUT2D eigenvalue weighted by atomic mass is 10.2. The first-order valence-electron chi connectivity index (χ1n) is 10.9. The van der Waals surface area contributed by atoms with Gasteiger partial charge in [0.2, 0.25) is 0 Å². The Morgan fingerprint density at radius 2 is 1.83 bits per heavy atom. The van der Waals surface area contributed by atoms with Gasteiger partial charge in [0, 0.05) is 25.8 Å². The van der Waals surface area contributed by atoms with Gasteiger partial charge in [-0.2, -0.15) is 0 Å². The third-order valence-corrected chi connectivity index (χ3v) is 5.28. The van der Waals surface area contributed by atoms with Crippen molar-refractivity contribution in [2.45, 2.75) is 38.6 Å². The van der Waals surface area contributed by atoms with Crippen molar-refractivity contribution >= 4 is 17.6 Å². The lowest BCUT2D eigenvalue weighted by Crippen LogP contribution is -2.38. The van der Waals surface area contributed by atoms with E-state index in [0.717, 1.165) is 36.7 Å². The Morgan fingerprint density at radius 1 is 1.07 bits per heavy atom. The van der Waals surface area contributed by atoms with Gasteiger partial charge in [-0.25, -0.2) is 0 Å². The molecule has 0 saturated carbocycles. The average Bonchev–Trinajstić information content (AvgIpc) is 3.19. The Labute approximate surface area is 178 Å². The van der Waals surface area contributed by atoms with E-state index in [9.17, 15) is 4.79 Å². The first-order chi connectivity index (χ1) is 14.7. The molecule has 7 nitrogen and oxygen atoms in total. The molecule has 1 aromatic heterocycles. The van der Waals surface area contributed by atoms with Gasteiger partial charge in [-0.15, -0.1) is 0 Å². The maximum atomic E-state index is 12.0. The van der Waals surface area contributed by atoms with E-state index in [-0.39, 0.29) is 5.91 Å². The number of nitrogens with zero attached hydrogens (tertiary/aromatic N) is 2. The third kappa shape index (κ3) is 7.22. The lowest BCUT2D eigenvalue weighted by molar-refractivity contribution is 0.0996. The maximum Gasteiger partial charge on any atom is 0.291 e. The van der Waals surface area contributed by atoms with Crippen molar-refractivity contribution in [2.75, 3.05) is 38.5 Å². The van der Waals surface area contributed by atoms with E-state index in [2.05, 4.69) is 25.8 Å². The number of anilines is 1. The smallest absolute Gasteiger partial charge is 0.291 e. The summed E-state index contributed by atoms with van der Waals surface area (Å²) < 4.78 is 5.10. The second kappa shape index (κ2) is 12.0. The number of nitrogens with one attached hydrogen (secondary N) is 3. The van der Waals surface area contributed by atoms with E-state index in [1.807, 2.05) is 24.3 Å². The molecule has 2 heterocycles. The largest absolute Gasteiger partial charge is 0.459 e. The van der Waals surface area contributed by atoms with Crippen molar-refractivity contribution in [1.29, 1.82) is 0 Å². The summed E-state index contributed by atoms with van der Waals surface area (Å²) in [5.74, 6) is 0.850. The molecule has 7 heteroatoms. The molecule has 1 aromatic carbocycles. The van der Waals surface area contributed by atoms with Crippen molar-refractivity contribution in [3.8, 4) is 0 Å². The number of furan rings is 1. The van der Waals surface area contributed by atoms with Gasteiger partial charge in [-0.05, 0) is 68.7 Å². The van der Waals surface area contributed by atoms with Gasteiger partial charge in [0.25, 0.3) is 5.91 Å². The van der Waals surface area contributed by atoms with Crippen LogP contribution in [0.1, 0.15) is 48.2 Å². The number of hydrogen-bond acceptors (Lipinski definition) is 4. The predicted molar refractivity (Wildman–Crippen MR) is 121 cm³/mol. The highest BCUT2D eigenvalue weighted by Gasteiger charge is 2.09. The lowest BCUT2D eigenvalue weighted by Gasteiger charge is -2.20. The monoisotopic (exact) mass is 411 g/mol. The van der Waals surface area contributed by atoms with Gasteiger partial charge >= 0.3 is 0 Å². The van der Waals surface area contributed by atoms with Crippen LogP contribution < -0.4 is 16.0 Å². The van der Waals surface area contributed by atoms with Crippen molar-refractivity contribution in [2.24, 2.45) is 4.99 Å². The molecule has 1 aliphatic heterocycles. The van der Waals surface area contributed by atoms with Gasteiger partial charge in [0.05, 0.1) is 6.26 Å². The minimum atomic E-state index is -0.254. The number of aliphatic imine (C=N–C) groups is 1. The van der Waals surface area contributed by atoms with Crippen LogP contribution in [0.3, 0.4) is 0 Å². The highest BCUT2D eigenvalue weighted by molar-refractivity contribution is 6.02. The number of carbonyl (C=O) groups is 1. The SMILES string of the molecule is CN=C(NCCCN1CCCCCC1)NCc1ccc(NC(=O)c2ccco2)cc1. The first-order valence-corrected chi connectivity index (χ1v) is 10.9. The fourth-order valence-electron chi connectivity index (χ4n) is 3.58. The summed E-state index contributed by atoms with van der Waals surface area (Å²) in [6.07, 6.45) is 8.03. The van der Waals surface area contributed by atoms with Gasteiger partial charge in [-0.3, -0.25) is 9.79 Å². The van der Waals surface area contributed by atoms with E-state index < -0.39 is 0 Å². The molecule has 0 atom stereocenters. The quantitative estimate of drug-likeness (QED) is 0.352. The Morgan fingerprint density at radius 3 is 2.50 bits per heavy atom. The normalized spacial score (nSPS) is 15.4. The molecule has 2 aromatic rings. The van der Waals surface area contributed by atoms with Crippen LogP contribution in [-0.2, 0) is 6.54 Å². The number of rotatable bonds is 8. The average molecular weight is 412 g/mol. The standard InChI is InChI=1S/C23H33N5O2/c1-24-23(25-13-7-16-28-14-4-2-3-5-15-28)26-18-19-9-11-20(12-10-19)27-22(29)21-8-6-17-30-21/h6,8-12,17H,2-5,7,13-16,18H2,1H3,(H,27,29)(H2,24,25,26). The van der Waals surface area contributed by atoms with Crippen molar-refractivity contribution in [3.63, 3.8) is 0 Å². The van der Waals surface area contributed by atoms with Crippen LogP contribution in [0.25, 0.3) is 0 Å². The van der Waals surface area contributed by atoms with E-state index in [1.165, 1.54) is 45.0 Å². The first kappa shape index (κ1) is 21.9. The summed E-state index contributed by atoms with van der Waals surface area (Å²) in [7, 11) is 1.79. The Kier molecular flexibility index (Phi) is 8.78. The Hall–Kier alpha value is -2.80. The summed E-state index contributed by atoms with van der Waals surface area (Å²) in [4.78, 5) is 18.9.